The van der Waals surface area contributed by atoms with Gasteiger partial charge in [-0.2, -0.15) is 9.40 Å². The summed E-state index contributed by atoms with van der Waals surface area (Å²) in [5, 5.41) is 7.22. The summed E-state index contributed by atoms with van der Waals surface area (Å²) in [7, 11) is -3.67. The minimum atomic E-state index is -3.67. The number of aromatic nitrogens is 2. The molecule has 0 spiro atoms. The number of aryl methyl sites for hydroxylation is 1. The van der Waals surface area contributed by atoms with Crippen molar-refractivity contribution in [2.24, 2.45) is 0 Å². The molecule has 6 nitrogen and oxygen atoms in total. The van der Waals surface area contributed by atoms with E-state index in [9.17, 15) is 12.8 Å². The second-order valence-corrected chi connectivity index (χ2v) is 7.31. The fourth-order valence-corrected chi connectivity index (χ4v) is 4.33. The molecular formula is C15H19FN4O2S. The second-order valence-electron chi connectivity index (χ2n) is 5.42. The van der Waals surface area contributed by atoms with E-state index in [0.29, 0.717) is 31.7 Å². The molecule has 23 heavy (non-hydrogen) atoms. The van der Waals surface area contributed by atoms with Gasteiger partial charge in [-0.1, -0.05) is 12.1 Å². The second kappa shape index (κ2) is 6.38. The highest BCUT2D eigenvalue weighted by atomic mass is 32.2. The van der Waals surface area contributed by atoms with Gasteiger partial charge in [0.25, 0.3) is 0 Å². The van der Waals surface area contributed by atoms with Crippen LogP contribution in [-0.4, -0.2) is 42.1 Å². The van der Waals surface area contributed by atoms with Gasteiger partial charge in [-0.05, 0) is 24.6 Å². The molecule has 0 amide bonds. The first kappa shape index (κ1) is 16.1. The van der Waals surface area contributed by atoms with Gasteiger partial charge in [0.05, 0.1) is 12.2 Å². The Labute approximate surface area is 135 Å². The Bertz CT molecular complexity index is 790. The predicted molar refractivity (Wildman–Crippen MR) is 83.8 cm³/mol. The molecule has 1 saturated heterocycles. The van der Waals surface area contributed by atoms with Crippen LogP contribution < -0.4 is 5.32 Å². The zero-order chi connectivity index (χ0) is 16.4. The number of halogens is 1. The van der Waals surface area contributed by atoms with Gasteiger partial charge in [-0.3, -0.25) is 4.68 Å². The van der Waals surface area contributed by atoms with E-state index in [2.05, 4.69) is 10.4 Å². The van der Waals surface area contributed by atoms with Crippen LogP contribution in [0.4, 0.5) is 4.39 Å². The van der Waals surface area contributed by atoms with Gasteiger partial charge in [0.15, 0.2) is 0 Å². The molecule has 1 unspecified atom stereocenters. The number of benzene rings is 1. The van der Waals surface area contributed by atoms with E-state index in [1.807, 2.05) is 6.92 Å². The Morgan fingerprint density at radius 1 is 1.43 bits per heavy atom. The van der Waals surface area contributed by atoms with Crippen molar-refractivity contribution >= 4 is 10.0 Å². The highest BCUT2D eigenvalue weighted by molar-refractivity contribution is 7.89. The number of sulfonamides is 1. The smallest absolute Gasteiger partial charge is 0.246 e. The lowest BCUT2D eigenvalue weighted by Crippen LogP contribution is -2.48. The average Bonchev–Trinajstić information content (AvgIpc) is 3.05. The number of piperazine rings is 1. The van der Waals surface area contributed by atoms with Crippen molar-refractivity contribution < 1.29 is 12.8 Å². The SMILES string of the molecule is CCn1cc(S(=O)(=O)N2CCNCC2c2cccc(F)c2)cn1. The van der Waals surface area contributed by atoms with Crippen molar-refractivity contribution in [2.45, 2.75) is 24.4 Å². The van der Waals surface area contributed by atoms with E-state index in [-0.39, 0.29) is 10.7 Å². The van der Waals surface area contributed by atoms with Crippen LogP contribution in [0.25, 0.3) is 0 Å². The van der Waals surface area contributed by atoms with Crippen LogP contribution in [0, 0.1) is 5.82 Å². The lowest BCUT2D eigenvalue weighted by atomic mass is 10.1. The summed E-state index contributed by atoms with van der Waals surface area (Å²) in [4.78, 5) is 0.169. The zero-order valence-electron chi connectivity index (χ0n) is 12.8. The van der Waals surface area contributed by atoms with Gasteiger partial charge < -0.3 is 5.32 Å². The van der Waals surface area contributed by atoms with Crippen LogP contribution >= 0.6 is 0 Å². The van der Waals surface area contributed by atoms with Crippen molar-refractivity contribution in [3.8, 4) is 0 Å². The molecule has 1 N–H and O–H groups in total. The first-order valence-corrected chi connectivity index (χ1v) is 8.97. The van der Waals surface area contributed by atoms with E-state index in [0.717, 1.165) is 0 Å². The predicted octanol–water partition coefficient (Wildman–Crippen LogP) is 1.38. The molecule has 3 rings (SSSR count). The molecule has 0 bridgehead atoms. The largest absolute Gasteiger partial charge is 0.313 e. The molecule has 1 aliphatic rings. The van der Waals surface area contributed by atoms with Gasteiger partial charge in [0.2, 0.25) is 10.0 Å². The first-order chi connectivity index (χ1) is 11.0. The fraction of sp³-hybridized carbons (Fsp3) is 0.400. The molecule has 1 aromatic heterocycles. The number of nitrogens with one attached hydrogen (secondary N) is 1. The van der Waals surface area contributed by atoms with Crippen molar-refractivity contribution in [2.75, 3.05) is 19.6 Å². The summed E-state index contributed by atoms with van der Waals surface area (Å²) in [6.45, 7) is 3.84. The molecule has 124 valence electrons. The molecule has 2 aromatic rings. The number of hydrogen-bond donors (Lipinski definition) is 1. The van der Waals surface area contributed by atoms with Gasteiger partial charge >= 0.3 is 0 Å². The molecule has 1 fully saturated rings. The standard InChI is InChI=1S/C15H19FN4O2S/c1-2-19-11-14(9-18-19)23(21,22)20-7-6-17-10-15(20)12-4-3-5-13(16)8-12/h3-5,8-9,11,15,17H,2,6-7,10H2,1H3. The Morgan fingerprint density at radius 2 is 2.26 bits per heavy atom. The maximum Gasteiger partial charge on any atom is 0.246 e. The minimum absolute atomic E-state index is 0.169. The van der Waals surface area contributed by atoms with Crippen molar-refractivity contribution in [1.82, 2.24) is 19.4 Å². The monoisotopic (exact) mass is 338 g/mol. The topological polar surface area (TPSA) is 67.2 Å². The molecule has 8 heteroatoms. The summed E-state index contributed by atoms with van der Waals surface area (Å²) in [5.41, 5.74) is 0.642. The number of hydrogen-bond acceptors (Lipinski definition) is 4. The van der Waals surface area contributed by atoms with E-state index >= 15 is 0 Å². The van der Waals surface area contributed by atoms with Gasteiger partial charge in [0.1, 0.15) is 10.7 Å². The van der Waals surface area contributed by atoms with Crippen LogP contribution in [0.2, 0.25) is 0 Å². The highest BCUT2D eigenvalue weighted by Gasteiger charge is 2.35. The van der Waals surface area contributed by atoms with E-state index < -0.39 is 16.1 Å². The van der Waals surface area contributed by atoms with E-state index in [1.165, 1.54) is 28.8 Å². The Kier molecular flexibility index (Phi) is 4.47. The third-order valence-electron chi connectivity index (χ3n) is 3.97. The van der Waals surface area contributed by atoms with Crippen molar-refractivity contribution in [1.29, 1.82) is 0 Å². The van der Waals surface area contributed by atoms with Crippen LogP contribution in [0.15, 0.2) is 41.6 Å². The summed E-state index contributed by atoms with van der Waals surface area (Å²) >= 11 is 0. The van der Waals surface area contributed by atoms with Crippen LogP contribution in [-0.2, 0) is 16.6 Å². The summed E-state index contributed by atoms with van der Waals surface area (Å²) in [5.74, 6) is -0.371. The van der Waals surface area contributed by atoms with Crippen molar-refractivity contribution in [3.05, 3.63) is 48.0 Å². The molecule has 1 aliphatic heterocycles. The van der Waals surface area contributed by atoms with Gasteiger partial charge in [-0.15, -0.1) is 0 Å². The Hall–Kier alpha value is -1.77. The van der Waals surface area contributed by atoms with Gasteiger partial charge in [-0.25, -0.2) is 12.8 Å². The van der Waals surface area contributed by atoms with Gasteiger partial charge in [0, 0.05) is 32.4 Å². The Morgan fingerprint density at radius 3 is 2.96 bits per heavy atom. The normalized spacial score (nSPS) is 19.8. The lowest BCUT2D eigenvalue weighted by molar-refractivity contribution is 0.271. The zero-order valence-corrected chi connectivity index (χ0v) is 13.6. The van der Waals surface area contributed by atoms with Crippen LogP contribution in [0.5, 0.6) is 0 Å². The third kappa shape index (κ3) is 3.15. The third-order valence-corrected chi connectivity index (χ3v) is 5.83. The Balaban J connectivity index is 1.97. The molecule has 1 aromatic carbocycles. The summed E-state index contributed by atoms with van der Waals surface area (Å²) < 4.78 is 42.4. The molecule has 0 aliphatic carbocycles. The molecule has 0 saturated carbocycles. The van der Waals surface area contributed by atoms with Crippen LogP contribution in [0.3, 0.4) is 0 Å². The average molecular weight is 338 g/mol. The lowest BCUT2D eigenvalue weighted by Gasteiger charge is -2.35. The molecule has 0 radical (unpaired) electrons. The summed E-state index contributed by atoms with van der Waals surface area (Å²) in [6, 6.07) is 5.65. The highest BCUT2D eigenvalue weighted by Crippen LogP contribution is 2.29. The summed E-state index contributed by atoms with van der Waals surface area (Å²) in [6.07, 6.45) is 2.89. The molecule has 2 heterocycles. The fourth-order valence-electron chi connectivity index (χ4n) is 2.76. The number of nitrogens with zero attached hydrogens (tertiary/aromatic N) is 3. The maximum atomic E-state index is 13.5. The number of rotatable bonds is 4. The van der Waals surface area contributed by atoms with Crippen molar-refractivity contribution in [3.63, 3.8) is 0 Å². The minimum Gasteiger partial charge on any atom is -0.313 e. The quantitative estimate of drug-likeness (QED) is 0.914. The van der Waals surface area contributed by atoms with Crippen LogP contribution in [0.1, 0.15) is 18.5 Å². The molecular weight excluding hydrogens is 319 g/mol. The first-order valence-electron chi connectivity index (χ1n) is 7.53. The molecule has 1 atom stereocenters. The van der Waals surface area contributed by atoms with E-state index in [4.69, 9.17) is 0 Å². The van der Waals surface area contributed by atoms with E-state index in [1.54, 1.807) is 16.8 Å². The maximum absolute atomic E-state index is 13.5.